The second-order valence-corrected chi connectivity index (χ2v) is 7.27. The summed E-state index contributed by atoms with van der Waals surface area (Å²) in [5.74, 6) is 0.0383. The lowest BCUT2D eigenvalue weighted by Crippen LogP contribution is -2.27. The van der Waals surface area contributed by atoms with Crippen LogP contribution in [0.2, 0.25) is 0 Å². The van der Waals surface area contributed by atoms with Gasteiger partial charge in [-0.3, -0.25) is 4.79 Å². The Balaban J connectivity index is 1.49. The van der Waals surface area contributed by atoms with Crippen molar-refractivity contribution in [2.24, 2.45) is 0 Å². The molecular formula is C22H25NO. The molecule has 2 aromatic carbocycles. The molecule has 0 radical (unpaired) electrons. The molecule has 0 bridgehead atoms. The zero-order valence-electron chi connectivity index (χ0n) is 14.4. The van der Waals surface area contributed by atoms with Gasteiger partial charge < -0.3 is 5.32 Å². The van der Waals surface area contributed by atoms with E-state index < -0.39 is 0 Å². The van der Waals surface area contributed by atoms with Crippen molar-refractivity contribution >= 4 is 5.91 Å². The van der Waals surface area contributed by atoms with Crippen LogP contribution in [-0.4, -0.2) is 5.91 Å². The third-order valence-electron chi connectivity index (χ3n) is 5.58. The Bertz CT molecular complexity index is 778. The van der Waals surface area contributed by atoms with Crippen LogP contribution >= 0.6 is 0 Å². The molecule has 1 N–H and O–H groups in total. The Morgan fingerprint density at radius 2 is 1.46 bits per heavy atom. The largest absolute Gasteiger partial charge is 0.346 e. The first-order valence-electron chi connectivity index (χ1n) is 9.25. The number of aryl methyl sites for hydroxylation is 4. The first-order chi connectivity index (χ1) is 11.7. The summed E-state index contributed by atoms with van der Waals surface area (Å²) in [4.78, 5) is 12.6. The van der Waals surface area contributed by atoms with E-state index in [0.717, 1.165) is 18.4 Å². The highest BCUT2D eigenvalue weighted by Crippen LogP contribution is 2.26. The summed E-state index contributed by atoms with van der Waals surface area (Å²) in [5, 5.41) is 3.17. The van der Waals surface area contributed by atoms with E-state index in [4.69, 9.17) is 0 Å². The van der Waals surface area contributed by atoms with Gasteiger partial charge in [0.25, 0.3) is 5.91 Å². The van der Waals surface area contributed by atoms with E-state index in [1.165, 1.54) is 59.9 Å². The van der Waals surface area contributed by atoms with Crippen molar-refractivity contribution in [1.29, 1.82) is 0 Å². The molecule has 124 valence electrons. The highest BCUT2D eigenvalue weighted by Gasteiger charge is 2.17. The molecule has 0 fully saturated rings. The highest BCUT2D eigenvalue weighted by molar-refractivity contribution is 5.94. The van der Waals surface area contributed by atoms with Crippen molar-refractivity contribution in [2.75, 3.05) is 0 Å². The lowest BCUT2D eigenvalue weighted by Gasteiger charge is -2.18. The Kier molecular flexibility index (Phi) is 4.13. The van der Waals surface area contributed by atoms with E-state index in [-0.39, 0.29) is 11.9 Å². The van der Waals surface area contributed by atoms with Crippen LogP contribution in [-0.2, 0) is 25.7 Å². The summed E-state index contributed by atoms with van der Waals surface area (Å²) in [6, 6.07) is 12.9. The smallest absolute Gasteiger partial charge is 0.251 e. The van der Waals surface area contributed by atoms with Gasteiger partial charge in [-0.05, 0) is 91.8 Å². The van der Waals surface area contributed by atoms with Gasteiger partial charge in [-0.1, -0.05) is 24.3 Å². The topological polar surface area (TPSA) is 29.1 Å². The van der Waals surface area contributed by atoms with Crippen LogP contribution in [0.5, 0.6) is 0 Å². The molecule has 1 atom stereocenters. The maximum Gasteiger partial charge on any atom is 0.251 e. The summed E-state index contributed by atoms with van der Waals surface area (Å²) < 4.78 is 0. The van der Waals surface area contributed by atoms with Crippen LogP contribution in [0.3, 0.4) is 0 Å². The lowest BCUT2D eigenvalue weighted by molar-refractivity contribution is 0.0939. The second kappa shape index (κ2) is 6.43. The normalized spacial score (nSPS) is 17.0. The van der Waals surface area contributed by atoms with E-state index in [1.54, 1.807) is 0 Å². The van der Waals surface area contributed by atoms with Crippen LogP contribution in [0, 0.1) is 0 Å². The Morgan fingerprint density at radius 1 is 0.833 bits per heavy atom. The molecule has 0 spiro atoms. The van der Waals surface area contributed by atoms with E-state index in [2.05, 4.69) is 42.6 Å². The van der Waals surface area contributed by atoms with Crippen molar-refractivity contribution in [3.8, 4) is 0 Å². The van der Waals surface area contributed by atoms with Crippen molar-refractivity contribution in [1.82, 2.24) is 5.32 Å². The molecule has 0 heterocycles. The molecule has 0 aromatic heterocycles. The second-order valence-electron chi connectivity index (χ2n) is 7.27. The molecule has 2 heteroatoms. The third-order valence-corrected chi connectivity index (χ3v) is 5.58. The SMILES string of the molecule is CC(NC(=O)c1ccc2c(c1)CCCC2)c1ccc2c(c1)CCC2. The Hall–Kier alpha value is -2.09. The minimum Gasteiger partial charge on any atom is -0.346 e. The van der Waals surface area contributed by atoms with Crippen LogP contribution in [0.25, 0.3) is 0 Å². The number of carbonyl (C=O) groups excluding carboxylic acids is 1. The van der Waals surface area contributed by atoms with Gasteiger partial charge in [0.2, 0.25) is 0 Å². The number of hydrogen-bond donors (Lipinski definition) is 1. The van der Waals surface area contributed by atoms with Crippen LogP contribution in [0.15, 0.2) is 36.4 Å². The van der Waals surface area contributed by atoms with Crippen LogP contribution in [0.1, 0.15) is 70.4 Å². The fourth-order valence-electron chi connectivity index (χ4n) is 4.10. The predicted octanol–water partition coefficient (Wildman–Crippen LogP) is 4.55. The van der Waals surface area contributed by atoms with Gasteiger partial charge in [-0.2, -0.15) is 0 Å². The number of benzene rings is 2. The summed E-state index contributed by atoms with van der Waals surface area (Å²) in [6.07, 6.45) is 8.41. The molecule has 2 aliphatic carbocycles. The van der Waals surface area contributed by atoms with Crippen molar-refractivity contribution < 1.29 is 4.79 Å². The number of rotatable bonds is 3. The van der Waals surface area contributed by atoms with Gasteiger partial charge in [-0.25, -0.2) is 0 Å². The molecule has 2 nitrogen and oxygen atoms in total. The number of nitrogens with one attached hydrogen (secondary N) is 1. The average Bonchev–Trinajstić information content (AvgIpc) is 3.08. The molecular weight excluding hydrogens is 294 g/mol. The Labute approximate surface area is 144 Å². The maximum absolute atomic E-state index is 12.6. The quantitative estimate of drug-likeness (QED) is 0.884. The Morgan fingerprint density at radius 3 is 2.29 bits per heavy atom. The molecule has 24 heavy (non-hydrogen) atoms. The minimum absolute atomic E-state index is 0.0383. The number of fused-ring (bicyclic) bond motifs is 2. The molecule has 0 saturated heterocycles. The van der Waals surface area contributed by atoms with E-state index in [0.29, 0.717) is 0 Å². The molecule has 2 aliphatic rings. The molecule has 4 rings (SSSR count). The van der Waals surface area contributed by atoms with Gasteiger partial charge in [0, 0.05) is 5.56 Å². The van der Waals surface area contributed by atoms with Crippen LogP contribution < -0.4 is 5.32 Å². The van der Waals surface area contributed by atoms with Gasteiger partial charge in [0.1, 0.15) is 0 Å². The summed E-state index contributed by atoms with van der Waals surface area (Å²) >= 11 is 0. The molecule has 0 saturated carbocycles. The fraction of sp³-hybridized carbons (Fsp3) is 0.409. The third kappa shape index (κ3) is 2.98. The van der Waals surface area contributed by atoms with Crippen LogP contribution in [0.4, 0.5) is 0 Å². The predicted molar refractivity (Wildman–Crippen MR) is 97.4 cm³/mol. The van der Waals surface area contributed by atoms with Gasteiger partial charge in [0.05, 0.1) is 6.04 Å². The molecule has 2 aromatic rings. The van der Waals surface area contributed by atoms with Gasteiger partial charge >= 0.3 is 0 Å². The first kappa shape index (κ1) is 15.4. The molecule has 0 aliphatic heterocycles. The minimum atomic E-state index is 0.0383. The van der Waals surface area contributed by atoms with Gasteiger partial charge in [-0.15, -0.1) is 0 Å². The molecule has 1 amide bonds. The highest BCUT2D eigenvalue weighted by atomic mass is 16.1. The average molecular weight is 319 g/mol. The summed E-state index contributed by atoms with van der Waals surface area (Å²) in [5.41, 5.74) is 7.73. The first-order valence-corrected chi connectivity index (χ1v) is 9.25. The molecule has 1 unspecified atom stereocenters. The van der Waals surface area contributed by atoms with Crippen molar-refractivity contribution in [2.45, 2.75) is 57.9 Å². The van der Waals surface area contributed by atoms with E-state index in [1.807, 2.05) is 6.07 Å². The number of carbonyl (C=O) groups is 1. The van der Waals surface area contributed by atoms with E-state index in [9.17, 15) is 4.79 Å². The standard InChI is InChI=1S/C22H25NO/c1-15(18-11-9-17-7-4-8-20(17)13-18)23-22(24)21-12-10-16-5-2-3-6-19(16)14-21/h9-15H,2-8H2,1H3,(H,23,24). The fourth-order valence-corrected chi connectivity index (χ4v) is 4.10. The van der Waals surface area contributed by atoms with E-state index >= 15 is 0 Å². The lowest BCUT2D eigenvalue weighted by atomic mass is 9.90. The maximum atomic E-state index is 12.6. The summed E-state index contributed by atoms with van der Waals surface area (Å²) in [6.45, 7) is 2.08. The number of amides is 1. The van der Waals surface area contributed by atoms with Gasteiger partial charge in [0.15, 0.2) is 0 Å². The van der Waals surface area contributed by atoms with Crippen molar-refractivity contribution in [3.63, 3.8) is 0 Å². The zero-order chi connectivity index (χ0) is 16.5. The van der Waals surface area contributed by atoms with Crippen molar-refractivity contribution in [3.05, 3.63) is 69.8 Å². The monoisotopic (exact) mass is 319 g/mol. The zero-order valence-corrected chi connectivity index (χ0v) is 14.4. The number of hydrogen-bond acceptors (Lipinski definition) is 1. The summed E-state index contributed by atoms with van der Waals surface area (Å²) in [7, 11) is 0.